The van der Waals surface area contributed by atoms with Gasteiger partial charge in [0.25, 0.3) is 5.91 Å². The van der Waals surface area contributed by atoms with E-state index in [4.69, 9.17) is 5.26 Å². The van der Waals surface area contributed by atoms with Crippen molar-refractivity contribution in [3.05, 3.63) is 72.2 Å². The van der Waals surface area contributed by atoms with Gasteiger partial charge in [-0.2, -0.15) is 5.26 Å². The zero-order valence-electron chi connectivity index (χ0n) is 18.8. The van der Waals surface area contributed by atoms with E-state index in [-0.39, 0.29) is 5.78 Å². The number of carbonyl (C=O) groups excluding carboxylic acids is 3. The van der Waals surface area contributed by atoms with Crippen LogP contribution in [-0.2, 0) is 16.9 Å². The molecule has 0 spiro atoms. The van der Waals surface area contributed by atoms with Crippen molar-refractivity contribution in [3.63, 3.8) is 0 Å². The first-order valence-electron chi connectivity index (χ1n) is 10.9. The highest BCUT2D eigenvalue weighted by atomic mass is 16.2. The first kappa shape index (κ1) is 22.0. The number of hydrogen-bond donors (Lipinski definition) is 1. The molecular formula is C24H20N8O3. The zero-order chi connectivity index (χ0) is 24.6. The highest BCUT2D eigenvalue weighted by Crippen LogP contribution is 2.31. The predicted octanol–water partition coefficient (Wildman–Crippen LogP) is 2.18. The van der Waals surface area contributed by atoms with E-state index < -0.39 is 24.0 Å². The lowest BCUT2D eigenvalue weighted by atomic mass is 9.91. The van der Waals surface area contributed by atoms with E-state index in [0.29, 0.717) is 35.2 Å². The highest BCUT2D eigenvalue weighted by Gasteiger charge is 2.49. The van der Waals surface area contributed by atoms with E-state index in [2.05, 4.69) is 26.9 Å². The van der Waals surface area contributed by atoms with Gasteiger partial charge in [0.05, 0.1) is 24.7 Å². The first-order valence-corrected chi connectivity index (χ1v) is 10.9. The molecule has 1 aliphatic heterocycles. The number of carbonyl (C=O) groups is 3. The maximum Gasteiger partial charge on any atom is 0.325 e. The van der Waals surface area contributed by atoms with Crippen LogP contribution in [0.25, 0.3) is 16.6 Å². The van der Waals surface area contributed by atoms with Crippen molar-refractivity contribution in [1.29, 1.82) is 5.26 Å². The van der Waals surface area contributed by atoms with Crippen LogP contribution in [-0.4, -0.2) is 53.9 Å². The molecule has 35 heavy (non-hydrogen) atoms. The number of amides is 3. The van der Waals surface area contributed by atoms with Crippen LogP contribution in [0, 0.1) is 11.3 Å². The number of ketones is 1. The van der Waals surface area contributed by atoms with Crippen LogP contribution in [0.3, 0.4) is 0 Å². The summed E-state index contributed by atoms with van der Waals surface area (Å²) in [6.45, 7) is 1.63. The summed E-state index contributed by atoms with van der Waals surface area (Å²) >= 11 is 0. The number of nitrogens with one attached hydrogen (secondary N) is 1. The van der Waals surface area contributed by atoms with Crippen molar-refractivity contribution in [2.45, 2.75) is 25.4 Å². The molecule has 2 aromatic heterocycles. The summed E-state index contributed by atoms with van der Waals surface area (Å²) in [5, 5.41) is 23.5. The molecule has 0 unspecified atom stereocenters. The van der Waals surface area contributed by atoms with E-state index in [1.54, 1.807) is 37.4 Å². The second-order valence-corrected chi connectivity index (χ2v) is 8.34. The summed E-state index contributed by atoms with van der Waals surface area (Å²) in [6.07, 6.45) is 3.40. The molecule has 2 aromatic carbocycles. The van der Waals surface area contributed by atoms with Gasteiger partial charge in [-0.1, -0.05) is 30.3 Å². The number of rotatable bonds is 7. The van der Waals surface area contributed by atoms with E-state index in [9.17, 15) is 14.4 Å². The SMILES string of the molecule is C[C@]1(c2cccc(-n3cnnn3)c2)NC(=O)N(CC(=O)c2cn(CCC#N)c3ccccc23)C1=O. The number of benzene rings is 2. The minimum absolute atomic E-state index is 0.293. The number of imide groups is 1. The number of nitriles is 1. The molecule has 1 saturated heterocycles. The van der Waals surface area contributed by atoms with Gasteiger partial charge in [0.2, 0.25) is 0 Å². The number of tetrazole rings is 1. The molecule has 1 atom stereocenters. The Bertz CT molecular complexity index is 1500. The molecule has 0 saturated carbocycles. The molecule has 174 valence electrons. The number of hydrogen-bond acceptors (Lipinski definition) is 7. The minimum Gasteiger partial charge on any atom is -0.346 e. The third-order valence-corrected chi connectivity index (χ3v) is 6.17. The van der Waals surface area contributed by atoms with Crippen LogP contribution in [0.1, 0.15) is 29.3 Å². The van der Waals surface area contributed by atoms with Crippen molar-refractivity contribution in [1.82, 2.24) is 35.0 Å². The average Bonchev–Trinajstić information content (AvgIpc) is 3.58. The van der Waals surface area contributed by atoms with Crippen molar-refractivity contribution in [2.24, 2.45) is 0 Å². The van der Waals surface area contributed by atoms with Crippen molar-refractivity contribution < 1.29 is 14.4 Å². The molecule has 4 aromatic rings. The number of aromatic nitrogens is 5. The van der Waals surface area contributed by atoms with E-state index in [0.717, 1.165) is 10.4 Å². The van der Waals surface area contributed by atoms with Gasteiger partial charge in [0.1, 0.15) is 11.9 Å². The molecule has 1 fully saturated rings. The largest absolute Gasteiger partial charge is 0.346 e. The number of urea groups is 1. The Morgan fingerprint density at radius 2 is 2.00 bits per heavy atom. The lowest BCUT2D eigenvalue weighted by molar-refractivity contribution is -0.130. The molecule has 11 nitrogen and oxygen atoms in total. The van der Waals surface area contributed by atoms with Crippen molar-refractivity contribution in [2.75, 3.05) is 6.54 Å². The lowest BCUT2D eigenvalue weighted by Crippen LogP contribution is -2.41. The monoisotopic (exact) mass is 468 g/mol. The average molecular weight is 468 g/mol. The fourth-order valence-electron chi connectivity index (χ4n) is 4.33. The van der Waals surface area contributed by atoms with Gasteiger partial charge in [0, 0.05) is 29.2 Å². The van der Waals surface area contributed by atoms with Gasteiger partial charge in [-0.3, -0.25) is 14.5 Å². The number of nitrogens with zero attached hydrogens (tertiary/aromatic N) is 7. The zero-order valence-corrected chi connectivity index (χ0v) is 18.8. The minimum atomic E-state index is -1.36. The number of aryl methyl sites for hydroxylation is 1. The molecule has 3 heterocycles. The first-order chi connectivity index (χ1) is 16.9. The fourth-order valence-corrected chi connectivity index (χ4v) is 4.33. The standard InChI is InChI=1S/C24H20N8O3/c1-24(16-6-4-7-17(12-16)32-15-26-28-29-32)22(34)31(23(35)27-24)14-21(33)19-13-30(11-5-10-25)20-9-3-2-8-18(19)20/h2-4,6-9,12-13,15H,5,11,14H2,1H3,(H,27,35)/t24-/m1/s1. The normalized spacial score (nSPS) is 17.5. The Hall–Kier alpha value is -4.85. The Labute approximate surface area is 199 Å². The van der Waals surface area contributed by atoms with Crippen LogP contribution < -0.4 is 5.32 Å². The van der Waals surface area contributed by atoms with Crippen LogP contribution in [0.2, 0.25) is 0 Å². The Morgan fingerprint density at radius 3 is 2.77 bits per heavy atom. The number of Topliss-reactive ketones (excluding diaryl/α,β-unsaturated/α-hetero) is 1. The smallest absolute Gasteiger partial charge is 0.325 e. The number of para-hydroxylation sites is 1. The highest BCUT2D eigenvalue weighted by molar-refractivity contribution is 6.14. The van der Waals surface area contributed by atoms with Crippen molar-refractivity contribution >= 4 is 28.6 Å². The fraction of sp³-hybridized carbons (Fsp3) is 0.208. The maximum absolute atomic E-state index is 13.4. The van der Waals surface area contributed by atoms with Gasteiger partial charge in [-0.05, 0) is 41.1 Å². The van der Waals surface area contributed by atoms with E-state index in [1.807, 2.05) is 28.8 Å². The topological polar surface area (TPSA) is 139 Å². The third-order valence-electron chi connectivity index (χ3n) is 6.17. The Morgan fingerprint density at radius 1 is 1.17 bits per heavy atom. The van der Waals surface area contributed by atoms with Crippen LogP contribution >= 0.6 is 0 Å². The summed E-state index contributed by atoms with van der Waals surface area (Å²) in [5.41, 5.74) is 1.01. The molecule has 1 aliphatic rings. The van der Waals surface area contributed by atoms with Crippen LogP contribution in [0.15, 0.2) is 61.1 Å². The van der Waals surface area contributed by atoms with Gasteiger partial charge < -0.3 is 9.88 Å². The van der Waals surface area contributed by atoms with Crippen molar-refractivity contribution in [3.8, 4) is 11.8 Å². The third kappa shape index (κ3) is 3.71. The summed E-state index contributed by atoms with van der Waals surface area (Å²) < 4.78 is 3.28. The molecular weight excluding hydrogens is 448 g/mol. The van der Waals surface area contributed by atoms with Gasteiger partial charge in [0.15, 0.2) is 5.78 Å². The second kappa shape index (κ2) is 8.49. The molecule has 0 aliphatic carbocycles. The summed E-state index contributed by atoms with van der Waals surface area (Å²) in [4.78, 5) is 40.5. The maximum atomic E-state index is 13.4. The molecule has 1 N–H and O–H groups in total. The van der Waals surface area contributed by atoms with Crippen LogP contribution in [0.5, 0.6) is 0 Å². The molecule has 5 rings (SSSR count). The quantitative estimate of drug-likeness (QED) is 0.324. The molecule has 3 amide bonds. The predicted molar refractivity (Wildman–Crippen MR) is 123 cm³/mol. The van der Waals surface area contributed by atoms with Gasteiger partial charge in [-0.25, -0.2) is 9.48 Å². The Balaban J connectivity index is 1.42. The summed E-state index contributed by atoms with van der Waals surface area (Å²) in [7, 11) is 0. The van der Waals surface area contributed by atoms with E-state index >= 15 is 0 Å². The summed E-state index contributed by atoms with van der Waals surface area (Å²) in [6, 6.07) is 15.7. The van der Waals surface area contributed by atoms with E-state index in [1.165, 1.54) is 11.0 Å². The number of fused-ring (bicyclic) bond motifs is 1. The molecule has 11 heteroatoms. The second-order valence-electron chi connectivity index (χ2n) is 8.34. The lowest BCUT2D eigenvalue weighted by Gasteiger charge is -2.22. The molecule has 0 radical (unpaired) electrons. The van der Waals surface area contributed by atoms with Gasteiger partial charge >= 0.3 is 6.03 Å². The molecule has 0 bridgehead atoms. The Kier molecular flexibility index (Phi) is 5.33. The van der Waals surface area contributed by atoms with Crippen LogP contribution in [0.4, 0.5) is 4.79 Å². The summed E-state index contributed by atoms with van der Waals surface area (Å²) in [5.74, 6) is -0.898. The van der Waals surface area contributed by atoms with Gasteiger partial charge in [-0.15, -0.1) is 5.10 Å².